The number of amides is 1. The highest BCUT2D eigenvalue weighted by molar-refractivity contribution is 5.91. The molecule has 0 spiro atoms. The number of hydrogen-bond acceptors (Lipinski definition) is 2. The van der Waals surface area contributed by atoms with E-state index in [9.17, 15) is 4.79 Å². The molecule has 1 unspecified atom stereocenters. The Balaban J connectivity index is 2.59. The molecule has 0 saturated carbocycles. The van der Waals surface area contributed by atoms with Gasteiger partial charge in [-0.3, -0.25) is 4.79 Å². The summed E-state index contributed by atoms with van der Waals surface area (Å²) in [4.78, 5) is 10.3. The molecule has 1 fully saturated rings. The zero-order chi connectivity index (χ0) is 5.49. The van der Waals surface area contributed by atoms with Gasteiger partial charge in [-0.1, -0.05) is 0 Å². The second-order valence-corrected chi connectivity index (χ2v) is 2.10. The first-order chi connectivity index (χ1) is 3.13. The summed E-state index contributed by atoms with van der Waals surface area (Å²) in [5, 5.41) is 2.53. The largest absolute Gasteiger partial charge is 0.352 e. The van der Waals surface area contributed by atoms with E-state index in [-0.39, 0.29) is 5.91 Å². The standard InChI is InChI=1S/C4H8N2O/c1-4(5)2-6-3(4)7/h2,5H2,1H3,(H,6,7). The van der Waals surface area contributed by atoms with Crippen LogP contribution in [0.2, 0.25) is 0 Å². The maximum absolute atomic E-state index is 10.3. The first kappa shape index (κ1) is 4.59. The normalized spacial score (nSPS) is 39.4. The Kier molecular flexibility index (Phi) is 0.642. The molecule has 1 aliphatic heterocycles. The van der Waals surface area contributed by atoms with E-state index in [1.807, 2.05) is 0 Å². The molecule has 1 aliphatic rings. The maximum atomic E-state index is 10.3. The first-order valence-electron chi connectivity index (χ1n) is 2.20. The molecule has 3 heteroatoms. The van der Waals surface area contributed by atoms with Gasteiger partial charge in [0.15, 0.2) is 0 Å². The second-order valence-electron chi connectivity index (χ2n) is 2.10. The summed E-state index contributed by atoms with van der Waals surface area (Å²) in [7, 11) is 0. The molecule has 1 atom stereocenters. The van der Waals surface area contributed by atoms with Gasteiger partial charge in [0.05, 0.1) is 0 Å². The van der Waals surface area contributed by atoms with Crippen molar-refractivity contribution in [2.75, 3.05) is 6.54 Å². The number of nitrogens with two attached hydrogens (primary N) is 1. The van der Waals surface area contributed by atoms with E-state index in [1.54, 1.807) is 6.92 Å². The highest BCUT2D eigenvalue weighted by atomic mass is 16.2. The van der Waals surface area contributed by atoms with Crippen LogP contribution in [0.1, 0.15) is 6.92 Å². The lowest BCUT2D eigenvalue weighted by molar-refractivity contribution is -0.132. The Morgan fingerprint density at radius 1 is 2.00 bits per heavy atom. The third-order valence-electron chi connectivity index (χ3n) is 1.13. The van der Waals surface area contributed by atoms with Gasteiger partial charge in [-0.15, -0.1) is 0 Å². The number of hydrogen-bond donors (Lipinski definition) is 2. The Hall–Kier alpha value is -0.570. The van der Waals surface area contributed by atoms with Crippen LogP contribution in [0.25, 0.3) is 0 Å². The van der Waals surface area contributed by atoms with Crippen molar-refractivity contribution >= 4 is 5.91 Å². The van der Waals surface area contributed by atoms with Gasteiger partial charge in [0.25, 0.3) is 0 Å². The van der Waals surface area contributed by atoms with E-state index in [4.69, 9.17) is 5.73 Å². The summed E-state index contributed by atoms with van der Waals surface area (Å²) in [5.74, 6) is -0.0486. The quantitative estimate of drug-likeness (QED) is 0.377. The monoisotopic (exact) mass is 100 g/mol. The van der Waals surface area contributed by atoms with Gasteiger partial charge >= 0.3 is 0 Å². The SMILES string of the molecule is CC1(N)CNC1=O. The summed E-state index contributed by atoms with van der Waals surface area (Å²) >= 11 is 0. The first-order valence-corrected chi connectivity index (χ1v) is 2.20. The lowest BCUT2D eigenvalue weighted by Gasteiger charge is -2.32. The highest BCUT2D eigenvalue weighted by Crippen LogP contribution is 2.04. The molecule has 3 nitrogen and oxygen atoms in total. The van der Waals surface area contributed by atoms with Crippen molar-refractivity contribution in [1.29, 1.82) is 0 Å². The fourth-order valence-electron chi connectivity index (χ4n) is 0.439. The van der Waals surface area contributed by atoms with Crippen molar-refractivity contribution < 1.29 is 4.79 Å². The van der Waals surface area contributed by atoms with Crippen LogP contribution in [0, 0.1) is 0 Å². The summed E-state index contributed by atoms with van der Waals surface area (Å²) < 4.78 is 0. The van der Waals surface area contributed by atoms with Crippen molar-refractivity contribution in [3.63, 3.8) is 0 Å². The van der Waals surface area contributed by atoms with Crippen LogP contribution >= 0.6 is 0 Å². The van der Waals surface area contributed by atoms with Crippen LogP contribution in [0.15, 0.2) is 0 Å². The molecule has 1 rings (SSSR count). The summed E-state index contributed by atoms with van der Waals surface area (Å²) in [6.07, 6.45) is 0. The van der Waals surface area contributed by atoms with Crippen molar-refractivity contribution in [2.45, 2.75) is 12.5 Å². The molecule has 0 aliphatic carbocycles. The highest BCUT2D eigenvalue weighted by Gasteiger charge is 2.36. The van der Waals surface area contributed by atoms with Crippen molar-refractivity contribution in [2.24, 2.45) is 5.73 Å². The molecule has 1 amide bonds. The fourth-order valence-corrected chi connectivity index (χ4v) is 0.439. The fraction of sp³-hybridized carbons (Fsp3) is 0.750. The Morgan fingerprint density at radius 3 is 2.43 bits per heavy atom. The van der Waals surface area contributed by atoms with Crippen LogP contribution < -0.4 is 11.1 Å². The van der Waals surface area contributed by atoms with E-state index in [2.05, 4.69) is 5.32 Å². The number of carbonyl (C=O) groups is 1. The molecule has 1 saturated heterocycles. The number of rotatable bonds is 0. The van der Waals surface area contributed by atoms with Gasteiger partial charge in [0.1, 0.15) is 5.54 Å². The van der Waals surface area contributed by atoms with Gasteiger partial charge in [-0.05, 0) is 6.92 Å². The Morgan fingerprint density at radius 2 is 2.43 bits per heavy atom. The van der Waals surface area contributed by atoms with E-state index in [0.717, 1.165) is 0 Å². The van der Waals surface area contributed by atoms with Gasteiger partial charge in [0, 0.05) is 6.54 Å². The molecule has 0 aromatic heterocycles. The topological polar surface area (TPSA) is 55.1 Å². The van der Waals surface area contributed by atoms with E-state index < -0.39 is 5.54 Å². The van der Waals surface area contributed by atoms with Gasteiger partial charge in [-0.2, -0.15) is 0 Å². The van der Waals surface area contributed by atoms with E-state index in [1.165, 1.54) is 0 Å². The van der Waals surface area contributed by atoms with Crippen LogP contribution in [-0.2, 0) is 4.79 Å². The zero-order valence-electron chi connectivity index (χ0n) is 4.19. The smallest absolute Gasteiger partial charge is 0.241 e. The number of carbonyl (C=O) groups excluding carboxylic acids is 1. The molecule has 0 bridgehead atoms. The molecule has 3 N–H and O–H groups in total. The average molecular weight is 100 g/mol. The van der Waals surface area contributed by atoms with Gasteiger partial charge in [-0.25, -0.2) is 0 Å². The summed E-state index contributed by atoms with van der Waals surface area (Å²) in [6.45, 7) is 2.33. The molecule has 40 valence electrons. The molecular formula is C4H8N2O. The van der Waals surface area contributed by atoms with Crippen LogP contribution in [0.3, 0.4) is 0 Å². The lowest BCUT2D eigenvalue weighted by atomic mass is 9.96. The van der Waals surface area contributed by atoms with E-state index >= 15 is 0 Å². The maximum Gasteiger partial charge on any atom is 0.241 e. The Labute approximate surface area is 41.9 Å². The average Bonchev–Trinajstić information content (AvgIpc) is 1.63. The molecular weight excluding hydrogens is 92.1 g/mol. The zero-order valence-corrected chi connectivity index (χ0v) is 4.19. The minimum atomic E-state index is -0.569. The van der Waals surface area contributed by atoms with Gasteiger partial charge in [0.2, 0.25) is 5.91 Å². The Bertz CT molecular complexity index is 108. The number of nitrogens with one attached hydrogen (secondary N) is 1. The van der Waals surface area contributed by atoms with E-state index in [0.29, 0.717) is 6.54 Å². The van der Waals surface area contributed by atoms with Crippen molar-refractivity contribution in [1.82, 2.24) is 5.32 Å². The lowest BCUT2D eigenvalue weighted by Crippen LogP contribution is -2.68. The van der Waals surface area contributed by atoms with Crippen LogP contribution in [0.4, 0.5) is 0 Å². The van der Waals surface area contributed by atoms with Crippen molar-refractivity contribution in [3.8, 4) is 0 Å². The summed E-state index contributed by atoms with van der Waals surface area (Å²) in [5.41, 5.74) is 4.78. The van der Waals surface area contributed by atoms with Crippen molar-refractivity contribution in [3.05, 3.63) is 0 Å². The molecule has 0 radical (unpaired) electrons. The number of β-lactam (4-membered cyclic amide) rings is 1. The van der Waals surface area contributed by atoms with Gasteiger partial charge < -0.3 is 11.1 Å². The predicted molar refractivity (Wildman–Crippen MR) is 25.6 cm³/mol. The third kappa shape index (κ3) is 0.489. The van der Waals surface area contributed by atoms with Crippen LogP contribution in [-0.4, -0.2) is 18.0 Å². The minimum absolute atomic E-state index is 0.0486. The predicted octanol–water partition coefficient (Wildman–Crippen LogP) is -1.17. The molecule has 0 aromatic rings. The molecule has 1 heterocycles. The summed E-state index contributed by atoms with van der Waals surface area (Å²) in [6, 6.07) is 0. The second kappa shape index (κ2) is 0.980. The third-order valence-corrected chi connectivity index (χ3v) is 1.13. The minimum Gasteiger partial charge on any atom is -0.352 e. The molecule has 7 heavy (non-hydrogen) atoms. The van der Waals surface area contributed by atoms with Crippen LogP contribution in [0.5, 0.6) is 0 Å². The molecule has 0 aromatic carbocycles.